The molecule has 3 heterocycles. The summed E-state index contributed by atoms with van der Waals surface area (Å²) in [4.78, 5) is 19.2. The van der Waals surface area contributed by atoms with Gasteiger partial charge in [0.25, 0.3) is 5.91 Å². The summed E-state index contributed by atoms with van der Waals surface area (Å²) < 4.78 is 19.1. The number of hydrogen-bond donors (Lipinski definition) is 0. The van der Waals surface area contributed by atoms with Crippen LogP contribution in [0.4, 0.5) is 0 Å². The summed E-state index contributed by atoms with van der Waals surface area (Å²) in [5.74, 6) is 1.32. The van der Waals surface area contributed by atoms with Crippen molar-refractivity contribution in [3.05, 3.63) is 42.0 Å². The number of fused-ring (bicyclic) bond motifs is 2. The van der Waals surface area contributed by atoms with Gasteiger partial charge in [-0.05, 0) is 25.1 Å². The van der Waals surface area contributed by atoms with Crippen molar-refractivity contribution in [2.45, 2.75) is 25.9 Å². The fraction of sp³-hybridized carbons (Fsp3) is 0.474. The van der Waals surface area contributed by atoms with Crippen molar-refractivity contribution in [2.75, 3.05) is 33.0 Å². The number of aromatic nitrogens is 2. The average molecular weight is 357 g/mol. The summed E-state index contributed by atoms with van der Waals surface area (Å²) in [6, 6.07) is 5.48. The van der Waals surface area contributed by atoms with Gasteiger partial charge in [-0.1, -0.05) is 0 Å². The third kappa shape index (κ3) is 3.26. The van der Waals surface area contributed by atoms with E-state index in [9.17, 15) is 4.79 Å². The molecule has 0 saturated heterocycles. The molecule has 138 valence electrons. The van der Waals surface area contributed by atoms with E-state index in [0.29, 0.717) is 56.6 Å². The standard InChI is InChI=1S/C19H23N3O4/c1-2-24-12-16-11-21(10-15-9-20-13-22(15)16)19(23)14-4-5-17-18(8-14)26-7-3-6-25-17/h4-5,8-9,13,16H,2-3,6-7,10-12H2,1H3. The largest absolute Gasteiger partial charge is 0.490 e. The number of carbonyl (C=O) groups is 1. The fourth-order valence-electron chi connectivity index (χ4n) is 3.41. The number of benzene rings is 1. The third-order valence-corrected chi connectivity index (χ3v) is 4.72. The van der Waals surface area contributed by atoms with E-state index in [0.717, 1.165) is 12.1 Å². The van der Waals surface area contributed by atoms with Crippen LogP contribution in [-0.4, -0.2) is 53.3 Å². The molecule has 0 radical (unpaired) electrons. The molecule has 0 fully saturated rings. The highest BCUT2D eigenvalue weighted by molar-refractivity contribution is 5.95. The number of imidazole rings is 1. The molecule has 2 aromatic rings. The molecule has 0 spiro atoms. The average Bonchev–Trinajstić information content (AvgIpc) is 3.02. The highest BCUT2D eigenvalue weighted by atomic mass is 16.5. The van der Waals surface area contributed by atoms with Crippen LogP contribution in [0.5, 0.6) is 11.5 Å². The minimum Gasteiger partial charge on any atom is -0.490 e. The Kier molecular flexibility index (Phi) is 4.79. The molecule has 0 aliphatic carbocycles. The number of ether oxygens (including phenoxy) is 3. The zero-order valence-corrected chi connectivity index (χ0v) is 14.9. The Bertz CT molecular complexity index is 789. The molecule has 0 N–H and O–H groups in total. The van der Waals surface area contributed by atoms with E-state index in [2.05, 4.69) is 9.55 Å². The Balaban J connectivity index is 1.56. The van der Waals surface area contributed by atoms with Crippen LogP contribution in [0.15, 0.2) is 30.7 Å². The van der Waals surface area contributed by atoms with Crippen LogP contribution in [0.2, 0.25) is 0 Å². The van der Waals surface area contributed by atoms with E-state index in [4.69, 9.17) is 14.2 Å². The molecule has 1 unspecified atom stereocenters. The number of hydrogen-bond acceptors (Lipinski definition) is 5. The zero-order valence-electron chi connectivity index (χ0n) is 14.9. The smallest absolute Gasteiger partial charge is 0.254 e. The Morgan fingerprint density at radius 1 is 1.31 bits per heavy atom. The predicted octanol–water partition coefficient (Wildman–Crippen LogP) is 2.28. The maximum absolute atomic E-state index is 13.1. The van der Waals surface area contributed by atoms with Gasteiger partial charge in [0.2, 0.25) is 0 Å². The molecular weight excluding hydrogens is 334 g/mol. The fourth-order valence-corrected chi connectivity index (χ4v) is 3.41. The SMILES string of the molecule is CCOCC1CN(C(=O)c2ccc3c(c2)OCCCO3)Cc2cncn21. The van der Waals surface area contributed by atoms with Crippen LogP contribution in [0.1, 0.15) is 35.4 Å². The first-order valence-corrected chi connectivity index (χ1v) is 9.03. The van der Waals surface area contributed by atoms with E-state index >= 15 is 0 Å². The lowest BCUT2D eigenvalue weighted by molar-refractivity contribution is 0.0544. The molecule has 2 aliphatic rings. The number of nitrogens with zero attached hydrogens (tertiary/aromatic N) is 3. The first-order chi connectivity index (χ1) is 12.8. The summed E-state index contributed by atoms with van der Waals surface area (Å²) >= 11 is 0. The summed E-state index contributed by atoms with van der Waals surface area (Å²) in [5.41, 5.74) is 1.63. The van der Waals surface area contributed by atoms with Crippen LogP contribution in [0.25, 0.3) is 0 Å². The van der Waals surface area contributed by atoms with E-state index in [1.807, 2.05) is 30.4 Å². The second-order valence-corrected chi connectivity index (χ2v) is 6.50. The lowest BCUT2D eigenvalue weighted by Gasteiger charge is -2.34. The molecule has 4 rings (SSSR count). The zero-order chi connectivity index (χ0) is 17.9. The summed E-state index contributed by atoms with van der Waals surface area (Å²) in [7, 11) is 0. The molecule has 2 aliphatic heterocycles. The van der Waals surface area contributed by atoms with Crippen LogP contribution in [0.3, 0.4) is 0 Å². The Labute approximate surface area is 152 Å². The summed E-state index contributed by atoms with van der Waals surface area (Å²) in [6.45, 7) is 5.55. The summed E-state index contributed by atoms with van der Waals surface area (Å²) in [6.07, 6.45) is 4.47. The lowest BCUT2D eigenvalue weighted by Crippen LogP contribution is -2.42. The Morgan fingerprint density at radius 3 is 3.00 bits per heavy atom. The molecule has 1 amide bonds. The van der Waals surface area contributed by atoms with Crippen molar-refractivity contribution >= 4 is 5.91 Å². The topological polar surface area (TPSA) is 65.8 Å². The van der Waals surface area contributed by atoms with E-state index in [-0.39, 0.29) is 11.9 Å². The maximum atomic E-state index is 13.1. The first-order valence-electron chi connectivity index (χ1n) is 9.03. The van der Waals surface area contributed by atoms with Crippen LogP contribution in [0, 0.1) is 0 Å². The Hall–Kier alpha value is -2.54. The summed E-state index contributed by atoms with van der Waals surface area (Å²) in [5, 5.41) is 0. The number of amides is 1. The molecule has 0 saturated carbocycles. The van der Waals surface area contributed by atoms with Gasteiger partial charge >= 0.3 is 0 Å². The van der Waals surface area contributed by atoms with Gasteiger partial charge in [0.15, 0.2) is 11.5 Å². The quantitative estimate of drug-likeness (QED) is 0.840. The molecule has 7 heteroatoms. The first kappa shape index (κ1) is 16.9. The number of carbonyl (C=O) groups excluding carboxylic acids is 1. The van der Waals surface area contributed by atoms with Crippen LogP contribution in [-0.2, 0) is 11.3 Å². The van der Waals surface area contributed by atoms with Gasteiger partial charge in [-0.3, -0.25) is 4.79 Å². The van der Waals surface area contributed by atoms with Gasteiger partial charge in [-0.2, -0.15) is 0 Å². The molecule has 1 atom stereocenters. The van der Waals surface area contributed by atoms with Crippen molar-refractivity contribution in [1.82, 2.24) is 14.5 Å². The van der Waals surface area contributed by atoms with Gasteiger partial charge in [0.05, 0.1) is 44.4 Å². The second kappa shape index (κ2) is 7.37. The minimum atomic E-state index is -0.0189. The van der Waals surface area contributed by atoms with Gasteiger partial charge in [-0.25, -0.2) is 4.98 Å². The van der Waals surface area contributed by atoms with Crippen LogP contribution < -0.4 is 9.47 Å². The number of rotatable bonds is 4. The molecule has 1 aromatic carbocycles. The molecule has 26 heavy (non-hydrogen) atoms. The molecule has 1 aromatic heterocycles. The third-order valence-electron chi connectivity index (χ3n) is 4.72. The normalized spacial score (nSPS) is 19.0. The van der Waals surface area contributed by atoms with Crippen LogP contribution >= 0.6 is 0 Å². The molecular formula is C19H23N3O4. The minimum absolute atomic E-state index is 0.0189. The molecule has 7 nitrogen and oxygen atoms in total. The highest BCUT2D eigenvalue weighted by Crippen LogP contribution is 2.31. The molecule has 0 bridgehead atoms. The Morgan fingerprint density at radius 2 is 2.15 bits per heavy atom. The van der Waals surface area contributed by atoms with Crippen molar-refractivity contribution in [1.29, 1.82) is 0 Å². The van der Waals surface area contributed by atoms with Crippen molar-refractivity contribution in [3.63, 3.8) is 0 Å². The second-order valence-electron chi connectivity index (χ2n) is 6.50. The monoisotopic (exact) mass is 357 g/mol. The van der Waals surface area contributed by atoms with E-state index in [1.54, 1.807) is 12.1 Å². The van der Waals surface area contributed by atoms with Crippen molar-refractivity contribution in [3.8, 4) is 11.5 Å². The highest BCUT2D eigenvalue weighted by Gasteiger charge is 2.29. The van der Waals surface area contributed by atoms with Gasteiger partial charge in [-0.15, -0.1) is 0 Å². The van der Waals surface area contributed by atoms with Crippen molar-refractivity contribution in [2.24, 2.45) is 0 Å². The van der Waals surface area contributed by atoms with Gasteiger partial charge in [0.1, 0.15) is 0 Å². The van der Waals surface area contributed by atoms with E-state index in [1.165, 1.54) is 0 Å². The van der Waals surface area contributed by atoms with Crippen molar-refractivity contribution < 1.29 is 19.0 Å². The van der Waals surface area contributed by atoms with Gasteiger partial charge in [0, 0.05) is 31.3 Å². The predicted molar refractivity (Wildman–Crippen MR) is 94.5 cm³/mol. The lowest BCUT2D eigenvalue weighted by atomic mass is 10.1. The maximum Gasteiger partial charge on any atom is 0.254 e. The van der Waals surface area contributed by atoms with E-state index < -0.39 is 0 Å². The van der Waals surface area contributed by atoms with Gasteiger partial charge < -0.3 is 23.7 Å².